The third-order valence-electron chi connectivity index (χ3n) is 12.0. The number of hydrogen-bond donors (Lipinski definition) is 3. The van der Waals surface area contributed by atoms with Crippen LogP contribution in [0.15, 0.2) is 103 Å². The fourth-order valence-electron chi connectivity index (χ4n) is 9.65. The Morgan fingerprint density at radius 2 is 1.57 bits per heavy atom. The number of methoxy groups -OCH3 is 1. The van der Waals surface area contributed by atoms with Gasteiger partial charge in [0, 0.05) is 43.6 Å². The molecule has 3 fully saturated rings. The number of rotatable bonds is 12. The van der Waals surface area contributed by atoms with E-state index in [-0.39, 0.29) is 31.3 Å². The average molecular weight is 760 g/mol. The molecule has 3 N–H and O–H groups in total. The van der Waals surface area contributed by atoms with Crippen molar-refractivity contribution in [3.05, 3.63) is 131 Å². The second-order valence-electron chi connectivity index (χ2n) is 17.4. The number of aliphatic hydroxyl groups is 1. The van der Waals surface area contributed by atoms with Crippen molar-refractivity contribution in [3.63, 3.8) is 0 Å². The molecule has 4 aromatic rings. The number of nitrogens with zero attached hydrogens (tertiary/aromatic N) is 1. The molecule has 2 bridgehead atoms. The van der Waals surface area contributed by atoms with Gasteiger partial charge in [-0.2, -0.15) is 0 Å². The molecule has 1 saturated carbocycles. The van der Waals surface area contributed by atoms with E-state index < -0.39 is 24.3 Å². The van der Waals surface area contributed by atoms with E-state index in [0.717, 1.165) is 52.0 Å². The lowest BCUT2D eigenvalue weighted by Gasteiger charge is -2.43. The van der Waals surface area contributed by atoms with Crippen LogP contribution in [0.4, 0.5) is 4.79 Å². The maximum Gasteiger partial charge on any atom is 0.328 e. The summed E-state index contributed by atoms with van der Waals surface area (Å²) < 4.78 is 18.8. The second kappa shape index (κ2) is 16.9. The predicted octanol–water partition coefficient (Wildman–Crippen LogP) is 8.12. The van der Waals surface area contributed by atoms with Crippen molar-refractivity contribution in [1.29, 1.82) is 0 Å². The average Bonchev–Trinajstić information content (AvgIpc) is 3.44. The van der Waals surface area contributed by atoms with E-state index in [9.17, 15) is 14.7 Å². The predicted molar refractivity (Wildman–Crippen MR) is 217 cm³/mol. The summed E-state index contributed by atoms with van der Waals surface area (Å²) in [6.45, 7) is 11.8. The van der Waals surface area contributed by atoms with Gasteiger partial charge in [0.1, 0.15) is 6.04 Å². The summed E-state index contributed by atoms with van der Waals surface area (Å²) in [4.78, 5) is 28.1. The Labute approximate surface area is 331 Å². The van der Waals surface area contributed by atoms with Gasteiger partial charge in [0.15, 0.2) is 6.29 Å². The van der Waals surface area contributed by atoms with Gasteiger partial charge in [0.2, 0.25) is 0 Å². The Kier molecular flexibility index (Phi) is 12.0. The molecular weight excluding hydrogens is 703 g/mol. The number of aliphatic hydroxyl groups excluding tert-OH is 1. The van der Waals surface area contributed by atoms with Crippen LogP contribution in [0.3, 0.4) is 0 Å². The minimum absolute atomic E-state index is 0.00303. The zero-order chi connectivity index (χ0) is 39.5. The smallest absolute Gasteiger partial charge is 0.328 e. The molecule has 2 amide bonds. The largest absolute Gasteiger partial charge is 0.467 e. The van der Waals surface area contributed by atoms with E-state index >= 15 is 0 Å². The third kappa shape index (κ3) is 9.35. The zero-order valence-corrected chi connectivity index (χ0v) is 33.4. The van der Waals surface area contributed by atoms with Gasteiger partial charge < -0.3 is 30.0 Å². The Morgan fingerprint density at radius 1 is 0.857 bits per heavy atom. The molecule has 9 heteroatoms. The minimum atomic E-state index is -0.812. The molecule has 3 aliphatic rings. The van der Waals surface area contributed by atoms with Crippen molar-refractivity contribution < 1.29 is 28.9 Å². The Balaban J connectivity index is 1.07. The number of benzene rings is 4. The number of likely N-dealkylation sites (tertiary alicyclic amines) is 1. The summed E-state index contributed by atoms with van der Waals surface area (Å²) in [5, 5.41) is 15.4. The SMILES string of the molecule is COC(=O)[C@H](Cc1ccccc1)NC(=O)NCc1cccc(-c2cccc([C@@H]3O[C@H](CN4CC5(C)CC4CC(C)(C)C5)[C@H](C)[C@H](c4ccc(CO)cc4)O3)c2)c1. The molecule has 1 aliphatic carbocycles. The molecule has 2 heterocycles. The molecule has 0 radical (unpaired) electrons. The summed E-state index contributed by atoms with van der Waals surface area (Å²) >= 11 is 0. The van der Waals surface area contributed by atoms with Gasteiger partial charge >= 0.3 is 12.0 Å². The summed E-state index contributed by atoms with van der Waals surface area (Å²) in [6, 6.07) is 33.3. The van der Waals surface area contributed by atoms with Crippen LogP contribution in [-0.4, -0.2) is 60.4 Å². The zero-order valence-electron chi connectivity index (χ0n) is 33.4. The van der Waals surface area contributed by atoms with Crippen molar-refractivity contribution in [1.82, 2.24) is 15.5 Å². The van der Waals surface area contributed by atoms with Gasteiger partial charge in [-0.25, -0.2) is 9.59 Å². The fraction of sp³-hybridized carbons (Fsp3) is 0.447. The highest BCUT2D eigenvalue weighted by molar-refractivity contribution is 5.83. The van der Waals surface area contributed by atoms with E-state index in [1.165, 1.54) is 26.4 Å². The number of fused-ring (bicyclic) bond motifs is 2. The summed E-state index contributed by atoms with van der Waals surface area (Å²) in [6.07, 6.45) is 3.23. The van der Waals surface area contributed by atoms with E-state index in [2.05, 4.69) is 85.7 Å². The quantitative estimate of drug-likeness (QED) is 0.125. The van der Waals surface area contributed by atoms with Crippen molar-refractivity contribution >= 4 is 12.0 Å². The van der Waals surface area contributed by atoms with Gasteiger partial charge in [-0.3, -0.25) is 4.90 Å². The number of urea groups is 1. The molecule has 7 atom stereocenters. The molecule has 9 nitrogen and oxygen atoms in total. The van der Waals surface area contributed by atoms with Crippen LogP contribution in [0.25, 0.3) is 11.1 Å². The Bertz CT molecular complexity index is 1970. The first kappa shape index (κ1) is 39.7. The normalized spacial score (nSPS) is 26.3. The van der Waals surface area contributed by atoms with Crippen LogP contribution < -0.4 is 10.6 Å². The molecular formula is C47H57N3O6. The van der Waals surface area contributed by atoms with Crippen LogP contribution in [-0.2, 0) is 38.6 Å². The van der Waals surface area contributed by atoms with Crippen LogP contribution in [0.2, 0.25) is 0 Å². The Morgan fingerprint density at radius 3 is 2.30 bits per heavy atom. The maximum atomic E-state index is 13.0. The third-order valence-corrected chi connectivity index (χ3v) is 12.0. The highest BCUT2D eigenvalue weighted by atomic mass is 16.7. The molecule has 2 aliphatic heterocycles. The molecule has 4 aromatic carbocycles. The number of carbonyl (C=O) groups is 2. The molecule has 2 unspecified atom stereocenters. The van der Waals surface area contributed by atoms with Gasteiger partial charge in [-0.05, 0) is 75.6 Å². The summed E-state index contributed by atoms with van der Waals surface area (Å²) in [5.74, 6) is -0.390. The van der Waals surface area contributed by atoms with Crippen LogP contribution in [0.5, 0.6) is 0 Å². The lowest BCUT2D eigenvalue weighted by atomic mass is 9.65. The standard InChI is InChI=1S/C47H57N3O6/c1-31-41(27-50-30-47(4)25-39(50)24-46(2,3)29-47)55-44(56-42(31)35-19-17-33(28-51)18-20-35)38-16-10-15-37(23-38)36-14-9-13-34(21-36)26-48-45(53)49-40(43(52)54-5)22-32-11-7-6-8-12-32/h6-21,23,31,39-42,44,51H,22,24-30H2,1-5H3,(H2,48,49,53)/t31-,39?,40-,41+,42+,44+,47?/m0/s1. The maximum absolute atomic E-state index is 13.0. The van der Waals surface area contributed by atoms with Gasteiger partial charge in [-0.1, -0.05) is 119 Å². The summed E-state index contributed by atoms with van der Waals surface area (Å²) in [7, 11) is 1.32. The van der Waals surface area contributed by atoms with Crippen molar-refractivity contribution in [3.8, 4) is 11.1 Å². The number of esters is 1. The van der Waals surface area contributed by atoms with Gasteiger partial charge in [0.25, 0.3) is 0 Å². The first-order chi connectivity index (χ1) is 26.9. The molecule has 0 aromatic heterocycles. The highest BCUT2D eigenvalue weighted by Crippen LogP contribution is 2.53. The van der Waals surface area contributed by atoms with Crippen LogP contribution >= 0.6 is 0 Å². The minimum Gasteiger partial charge on any atom is -0.467 e. The van der Waals surface area contributed by atoms with E-state index in [1.54, 1.807) is 0 Å². The fourth-order valence-corrected chi connectivity index (χ4v) is 9.65. The van der Waals surface area contributed by atoms with Gasteiger partial charge in [-0.15, -0.1) is 0 Å². The monoisotopic (exact) mass is 759 g/mol. The highest BCUT2D eigenvalue weighted by Gasteiger charge is 2.51. The molecule has 296 valence electrons. The molecule has 0 spiro atoms. The van der Waals surface area contributed by atoms with E-state index in [4.69, 9.17) is 14.2 Å². The van der Waals surface area contributed by atoms with Crippen LogP contribution in [0.1, 0.15) is 87.2 Å². The number of ether oxygens (including phenoxy) is 3. The van der Waals surface area contributed by atoms with Crippen molar-refractivity contribution in [2.24, 2.45) is 16.7 Å². The van der Waals surface area contributed by atoms with Crippen molar-refractivity contribution in [2.75, 3.05) is 20.2 Å². The molecule has 56 heavy (non-hydrogen) atoms. The number of nitrogens with one attached hydrogen (secondary N) is 2. The lowest BCUT2D eigenvalue weighted by molar-refractivity contribution is -0.276. The Hall–Kier alpha value is -4.54. The van der Waals surface area contributed by atoms with Gasteiger partial charge in [0.05, 0.1) is 25.9 Å². The topological polar surface area (TPSA) is 109 Å². The van der Waals surface area contributed by atoms with Crippen molar-refractivity contribution in [2.45, 2.75) is 97.1 Å². The number of hydrogen-bond acceptors (Lipinski definition) is 7. The van der Waals surface area contributed by atoms with Crippen LogP contribution in [0, 0.1) is 16.7 Å². The second-order valence-corrected chi connectivity index (χ2v) is 17.4. The summed E-state index contributed by atoms with van der Waals surface area (Å²) in [5.41, 5.74) is 7.42. The number of carbonyl (C=O) groups excluding carboxylic acids is 2. The molecule has 2 saturated heterocycles. The van der Waals surface area contributed by atoms with E-state index in [0.29, 0.717) is 23.3 Å². The number of amides is 2. The van der Waals surface area contributed by atoms with E-state index in [1.807, 2.05) is 60.7 Å². The first-order valence-corrected chi connectivity index (χ1v) is 20.0. The molecule has 7 rings (SSSR count). The lowest BCUT2D eigenvalue weighted by Crippen LogP contribution is -2.47. The first-order valence-electron chi connectivity index (χ1n) is 20.0.